The number of nitrogens with one attached hydrogen (secondary N) is 2. The van der Waals surface area contributed by atoms with Gasteiger partial charge < -0.3 is 5.32 Å². The highest BCUT2D eigenvalue weighted by atomic mass is 32.2. The Balaban J connectivity index is 2.54. The largest absolute Gasteiger partial charge is 0.315 e. The number of aryl methyl sites for hydroxylation is 2. The third-order valence-electron chi connectivity index (χ3n) is 2.13. The number of aromatic nitrogens is 1. The molecule has 0 atom stereocenters. The van der Waals surface area contributed by atoms with Crippen LogP contribution in [0.2, 0.25) is 0 Å². The maximum absolute atomic E-state index is 11.9. The van der Waals surface area contributed by atoms with E-state index in [4.69, 9.17) is 0 Å². The van der Waals surface area contributed by atoms with Gasteiger partial charge in [0.05, 0.1) is 10.7 Å². The first kappa shape index (κ1) is 14.6. The smallest absolute Gasteiger partial charge is 0.251 e. The van der Waals surface area contributed by atoms with E-state index in [9.17, 15) is 8.42 Å². The van der Waals surface area contributed by atoms with Gasteiger partial charge in [-0.25, -0.2) is 18.1 Å². The van der Waals surface area contributed by atoms with Crippen LogP contribution in [0.15, 0.2) is 4.21 Å². The molecule has 0 amide bonds. The Hall–Kier alpha value is -0.500. The lowest BCUT2D eigenvalue weighted by Gasteiger charge is -2.05. The summed E-state index contributed by atoms with van der Waals surface area (Å²) in [6, 6.07) is 0. The van der Waals surface area contributed by atoms with Crippen LogP contribution in [0.5, 0.6) is 0 Å². The molecule has 0 aliphatic heterocycles. The van der Waals surface area contributed by atoms with Crippen molar-refractivity contribution in [3.8, 4) is 0 Å². The summed E-state index contributed by atoms with van der Waals surface area (Å²) >= 11 is 1.21. The summed E-state index contributed by atoms with van der Waals surface area (Å²) in [5.41, 5.74) is 0.571. The first-order valence-corrected chi connectivity index (χ1v) is 7.91. The molecule has 0 aliphatic carbocycles. The predicted molar refractivity (Wildman–Crippen MR) is 69.9 cm³/mol. The number of nitrogens with zero attached hydrogens (tertiary/aromatic N) is 1. The molecule has 98 valence electrons. The minimum absolute atomic E-state index is 0.325. The van der Waals surface area contributed by atoms with E-state index in [1.807, 2.05) is 0 Å². The summed E-state index contributed by atoms with van der Waals surface area (Å²) in [4.78, 5) is 4.12. The van der Waals surface area contributed by atoms with Crippen LogP contribution in [0.25, 0.3) is 0 Å². The molecule has 0 saturated carbocycles. The van der Waals surface area contributed by atoms with E-state index >= 15 is 0 Å². The molecule has 1 rings (SSSR count). The Morgan fingerprint density at radius 2 is 1.94 bits per heavy atom. The average molecular weight is 277 g/mol. The van der Waals surface area contributed by atoms with E-state index in [0.29, 0.717) is 23.0 Å². The molecule has 0 bridgehead atoms. The standard InChI is InChI=1S/C10H19N3O2S2/c1-4-5-11-6-7-12-17(14,15)10-8(2)13-9(3)16-10/h11-12H,4-7H2,1-3H3. The maximum Gasteiger partial charge on any atom is 0.251 e. The molecule has 17 heavy (non-hydrogen) atoms. The molecular weight excluding hydrogens is 258 g/mol. The van der Waals surface area contributed by atoms with E-state index in [1.165, 1.54) is 11.3 Å². The highest BCUT2D eigenvalue weighted by molar-refractivity contribution is 7.91. The third-order valence-corrected chi connectivity index (χ3v) is 5.27. The van der Waals surface area contributed by atoms with E-state index < -0.39 is 10.0 Å². The van der Waals surface area contributed by atoms with Crippen LogP contribution >= 0.6 is 11.3 Å². The predicted octanol–water partition coefficient (Wildman–Crippen LogP) is 1.04. The number of hydrogen-bond acceptors (Lipinski definition) is 5. The van der Waals surface area contributed by atoms with Crippen LogP contribution in [-0.4, -0.2) is 33.0 Å². The highest BCUT2D eigenvalue weighted by Gasteiger charge is 2.19. The summed E-state index contributed by atoms with van der Waals surface area (Å²) < 4.78 is 26.8. The van der Waals surface area contributed by atoms with Crippen LogP contribution in [0, 0.1) is 13.8 Å². The molecule has 1 aromatic rings. The van der Waals surface area contributed by atoms with Crippen molar-refractivity contribution in [3.63, 3.8) is 0 Å². The van der Waals surface area contributed by atoms with Gasteiger partial charge in [0.1, 0.15) is 0 Å². The number of thiazole rings is 1. The Morgan fingerprint density at radius 1 is 1.24 bits per heavy atom. The average Bonchev–Trinajstić information content (AvgIpc) is 2.58. The second-order valence-electron chi connectivity index (χ2n) is 3.75. The maximum atomic E-state index is 11.9. The zero-order valence-electron chi connectivity index (χ0n) is 10.4. The Bertz CT molecular complexity index is 454. The van der Waals surface area contributed by atoms with Gasteiger partial charge in [0, 0.05) is 13.1 Å². The van der Waals surface area contributed by atoms with Crippen LogP contribution in [0.4, 0.5) is 0 Å². The fourth-order valence-electron chi connectivity index (χ4n) is 1.40. The molecule has 0 aliphatic rings. The zero-order chi connectivity index (χ0) is 12.9. The quantitative estimate of drug-likeness (QED) is 0.731. The van der Waals surface area contributed by atoms with Crippen molar-refractivity contribution >= 4 is 21.4 Å². The molecule has 1 aromatic heterocycles. The van der Waals surface area contributed by atoms with E-state index in [0.717, 1.165) is 18.0 Å². The third kappa shape index (κ3) is 4.34. The minimum Gasteiger partial charge on any atom is -0.315 e. The SMILES string of the molecule is CCCNCCNS(=O)(=O)c1sc(C)nc1C. The van der Waals surface area contributed by atoms with Gasteiger partial charge in [-0.3, -0.25) is 0 Å². The molecule has 0 aromatic carbocycles. The van der Waals surface area contributed by atoms with Crippen molar-refractivity contribution in [1.82, 2.24) is 15.0 Å². The molecule has 5 nitrogen and oxygen atoms in total. The molecule has 0 saturated heterocycles. The lowest BCUT2D eigenvalue weighted by Crippen LogP contribution is -2.32. The molecule has 0 radical (unpaired) electrons. The lowest BCUT2D eigenvalue weighted by molar-refractivity contribution is 0.576. The highest BCUT2D eigenvalue weighted by Crippen LogP contribution is 2.22. The Morgan fingerprint density at radius 3 is 2.47 bits per heavy atom. The summed E-state index contributed by atoms with van der Waals surface area (Å²) in [6.45, 7) is 7.54. The van der Waals surface area contributed by atoms with E-state index in [-0.39, 0.29) is 0 Å². The summed E-state index contributed by atoms with van der Waals surface area (Å²) in [6.07, 6.45) is 1.04. The first-order valence-electron chi connectivity index (χ1n) is 5.61. The summed E-state index contributed by atoms with van der Waals surface area (Å²) in [5.74, 6) is 0. The van der Waals surface area contributed by atoms with Gasteiger partial charge in [0.15, 0.2) is 4.21 Å². The van der Waals surface area contributed by atoms with Gasteiger partial charge in [-0.2, -0.15) is 0 Å². The summed E-state index contributed by atoms with van der Waals surface area (Å²) in [5, 5.41) is 3.91. The monoisotopic (exact) mass is 277 g/mol. The van der Waals surface area contributed by atoms with Crippen LogP contribution in [-0.2, 0) is 10.0 Å². The fourth-order valence-corrected chi connectivity index (χ4v) is 3.96. The Kier molecular flexibility index (Phi) is 5.51. The first-order chi connectivity index (χ1) is 7.97. The normalized spacial score (nSPS) is 11.9. The lowest BCUT2D eigenvalue weighted by atomic mass is 10.5. The van der Waals surface area contributed by atoms with Crippen molar-refractivity contribution < 1.29 is 8.42 Å². The van der Waals surface area contributed by atoms with Gasteiger partial charge in [-0.1, -0.05) is 6.92 Å². The van der Waals surface area contributed by atoms with Crippen molar-refractivity contribution in [2.75, 3.05) is 19.6 Å². The number of hydrogen-bond donors (Lipinski definition) is 2. The second-order valence-corrected chi connectivity index (χ2v) is 6.92. The van der Waals surface area contributed by atoms with Gasteiger partial charge in [-0.05, 0) is 26.8 Å². The van der Waals surface area contributed by atoms with Crippen molar-refractivity contribution in [1.29, 1.82) is 0 Å². The fraction of sp³-hybridized carbons (Fsp3) is 0.700. The van der Waals surface area contributed by atoms with Crippen molar-refractivity contribution in [2.24, 2.45) is 0 Å². The number of rotatable bonds is 7. The molecule has 7 heteroatoms. The van der Waals surface area contributed by atoms with Crippen molar-refractivity contribution in [2.45, 2.75) is 31.4 Å². The summed E-state index contributed by atoms with van der Waals surface area (Å²) in [7, 11) is -3.39. The topological polar surface area (TPSA) is 71.1 Å². The Labute approximate surface area is 107 Å². The second kappa shape index (κ2) is 6.44. The van der Waals surface area contributed by atoms with Gasteiger partial charge >= 0.3 is 0 Å². The molecule has 1 heterocycles. The van der Waals surface area contributed by atoms with Crippen molar-refractivity contribution in [3.05, 3.63) is 10.7 Å². The van der Waals surface area contributed by atoms with Gasteiger partial charge in [0.25, 0.3) is 10.0 Å². The number of sulfonamides is 1. The minimum atomic E-state index is -3.39. The van der Waals surface area contributed by atoms with Crippen LogP contribution in [0.1, 0.15) is 24.0 Å². The molecule has 0 unspecified atom stereocenters. The molecule has 2 N–H and O–H groups in total. The van der Waals surface area contributed by atoms with E-state index in [1.54, 1.807) is 13.8 Å². The molecule has 0 spiro atoms. The molecule has 0 fully saturated rings. The van der Waals surface area contributed by atoms with E-state index in [2.05, 4.69) is 21.9 Å². The zero-order valence-corrected chi connectivity index (χ0v) is 12.0. The van der Waals surface area contributed by atoms with Crippen LogP contribution in [0.3, 0.4) is 0 Å². The van der Waals surface area contributed by atoms with Gasteiger partial charge in [0.2, 0.25) is 0 Å². The van der Waals surface area contributed by atoms with Crippen LogP contribution < -0.4 is 10.0 Å². The van der Waals surface area contributed by atoms with Gasteiger partial charge in [-0.15, -0.1) is 11.3 Å². The molecular formula is C10H19N3O2S2.